The summed E-state index contributed by atoms with van der Waals surface area (Å²) in [6.45, 7) is 1.94. The molecule has 2 aliphatic rings. The second-order valence-electron chi connectivity index (χ2n) is 7.49. The first kappa shape index (κ1) is 18.2. The number of allylic oxidation sites excluding steroid dienone is 1. The predicted octanol–water partition coefficient (Wildman–Crippen LogP) is 3.47. The maximum atomic E-state index is 13.0. The molecule has 1 aliphatic heterocycles. The lowest BCUT2D eigenvalue weighted by Crippen LogP contribution is -2.43. The van der Waals surface area contributed by atoms with Gasteiger partial charge in [-0.15, -0.1) is 0 Å². The van der Waals surface area contributed by atoms with Gasteiger partial charge in [-0.2, -0.15) is 0 Å². The summed E-state index contributed by atoms with van der Waals surface area (Å²) in [4.78, 5) is 38.1. The van der Waals surface area contributed by atoms with Gasteiger partial charge in [0.05, 0.1) is 5.92 Å². The van der Waals surface area contributed by atoms with E-state index in [1.54, 1.807) is 6.07 Å². The van der Waals surface area contributed by atoms with Crippen LogP contribution in [0, 0.1) is 12.8 Å². The highest BCUT2D eigenvalue weighted by molar-refractivity contribution is 6.09. The van der Waals surface area contributed by atoms with Crippen LogP contribution in [0.4, 0.5) is 5.69 Å². The van der Waals surface area contributed by atoms with Crippen molar-refractivity contribution in [3.8, 4) is 0 Å². The second-order valence-corrected chi connectivity index (χ2v) is 7.49. The van der Waals surface area contributed by atoms with Crippen LogP contribution in [0.2, 0.25) is 0 Å². The highest BCUT2D eigenvalue weighted by Gasteiger charge is 2.40. The number of Topliss-reactive ketones (excluding diaryl/α,β-unsaturated/α-hetero) is 1. The van der Waals surface area contributed by atoms with E-state index in [1.165, 1.54) is 0 Å². The second kappa shape index (κ2) is 7.43. The fourth-order valence-corrected chi connectivity index (χ4v) is 4.10. The zero-order valence-corrected chi connectivity index (χ0v) is 15.7. The van der Waals surface area contributed by atoms with E-state index in [9.17, 15) is 14.4 Å². The lowest BCUT2D eigenvalue weighted by atomic mass is 9.75. The van der Waals surface area contributed by atoms with Gasteiger partial charge in [-0.05, 0) is 42.5 Å². The molecule has 28 heavy (non-hydrogen) atoms. The van der Waals surface area contributed by atoms with Crippen LogP contribution >= 0.6 is 0 Å². The highest BCUT2D eigenvalue weighted by Crippen LogP contribution is 2.39. The number of rotatable bonds is 3. The van der Waals surface area contributed by atoms with E-state index >= 15 is 0 Å². The standard InChI is InChI=1S/C23H22N2O3/c1-14-6-5-9-17(10-14)24-23(28)18-13-21(27)25-19-11-16(12-20(26)22(18)19)15-7-3-2-4-8-15/h2-10,16,18H,11-13H2,1H3,(H,24,28)(H,25,27). The van der Waals surface area contributed by atoms with Crippen LogP contribution in [-0.4, -0.2) is 17.6 Å². The molecule has 2 aromatic rings. The van der Waals surface area contributed by atoms with Crippen LogP contribution in [0.5, 0.6) is 0 Å². The summed E-state index contributed by atoms with van der Waals surface area (Å²) in [5.74, 6) is -1.30. The number of hydrogen-bond acceptors (Lipinski definition) is 3. The third kappa shape index (κ3) is 3.60. The SMILES string of the molecule is Cc1cccc(NC(=O)C2CC(=O)NC3=C2C(=O)CC(c2ccccc2)C3)c1. The smallest absolute Gasteiger partial charge is 0.232 e. The van der Waals surface area contributed by atoms with Crippen LogP contribution in [0.15, 0.2) is 65.9 Å². The first-order chi connectivity index (χ1) is 13.5. The van der Waals surface area contributed by atoms with Crippen LogP contribution in [0.25, 0.3) is 0 Å². The molecule has 2 unspecified atom stereocenters. The average Bonchev–Trinajstić information content (AvgIpc) is 2.67. The van der Waals surface area contributed by atoms with Gasteiger partial charge in [0, 0.05) is 29.8 Å². The lowest BCUT2D eigenvalue weighted by molar-refractivity contribution is -0.129. The molecule has 4 rings (SSSR count). The summed E-state index contributed by atoms with van der Waals surface area (Å²) in [6, 6.07) is 17.3. The minimum Gasteiger partial charge on any atom is -0.329 e. The maximum absolute atomic E-state index is 13.0. The van der Waals surface area contributed by atoms with Crippen molar-refractivity contribution in [2.45, 2.75) is 32.1 Å². The molecule has 0 saturated heterocycles. The van der Waals surface area contributed by atoms with Crippen molar-refractivity contribution in [1.29, 1.82) is 0 Å². The number of carbonyl (C=O) groups is 3. The van der Waals surface area contributed by atoms with Gasteiger partial charge in [-0.1, -0.05) is 42.5 Å². The molecule has 2 atom stereocenters. The molecule has 0 spiro atoms. The van der Waals surface area contributed by atoms with Gasteiger partial charge in [0.2, 0.25) is 11.8 Å². The van der Waals surface area contributed by atoms with Gasteiger partial charge in [-0.3, -0.25) is 14.4 Å². The van der Waals surface area contributed by atoms with E-state index in [0.29, 0.717) is 29.8 Å². The number of aryl methyl sites for hydroxylation is 1. The van der Waals surface area contributed by atoms with E-state index in [-0.39, 0.29) is 29.9 Å². The summed E-state index contributed by atoms with van der Waals surface area (Å²) in [7, 11) is 0. The van der Waals surface area contributed by atoms with Crippen molar-refractivity contribution in [1.82, 2.24) is 5.32 Å². The summed E-state index contributed by atoms with van der Waals surface area (Å²) in [5, 5.41) is 5.71. The molecular formula is C23H22N2O3. The first-order valence-electron chi connectivity index (χ1n) is 9.50. The van der Waals surface area contributed by atoms with E-state index < -0.39 is 5.92 Å². The molecular weight excluding hydrogens is 352 g/mol. The number of hydrogen-bond donors (Lipinski definition) is 2. The lowest BCUT2D eigenvalue weighted by Gasteiger charge is -2.33. The van der Waals surface area contributed by atoms with Crippen LogP contribution in [0.1, 0.15) is 36.3 Å². The van der Waals surface area contributed by atoms with Crippen molar-refractivity contribution in [3.05, 3.63) is 77.0 Å². The van der Waals surface area contributed by atoms with Gasteiger partial charge < -0.3 is 10.6 Å². The molecule has 0 bridgehead atoms. The molecule has 1 aliphatic carbocycles. The molecule has 2 aromatic carbocycles. The normalized spacial score (nSPS) is 21.8. The van der Waals surface area contributed by atoms with E-state index in [4.69, 9.17) is 0 Å². The number of benzene rings is 2. The molecule has 2 N–H and O–H groups in total. The highest BCUT2D eigenvalue weighted by atomic mass is 16.2. The Bertz CT molecular complexity index is 978. The van der Waals surface area contributed by atoms with Crippen LogP contribution < -0.4 is 10.6 Å². The van der Waals surface area contributed by atoms with Crippen molar-refractivity contribution >= 4 is 23.3 Å². The molecule has 0 radical (unpaired) electrons. The molecule has 1 heterocycles. The number of anilines is 1. The van der Waals surface area contributed by atoms with Crippen molar-refractivity contribution in [2.75, 3.05) is 5.32 Å². The molecule has 0 saturated carbocycles. The fourth-order valence-electron chi connectivity index (χ4n) is 4.10. The van der Waals surface area contributed by atoms with E-state index in [0.717, 1.165) is 11.1 Å². The fraction of sp³-hybridized carbons (Fsp3) is 0.261. The monoisotopic (exact) mass is 374 g/mol. The Balaban J connectivity index is 1.61. The number of amides is 2. The first-order valence-corrected chi connectivity index (χ1v) is 9.50. The van der Waals surface area contributed by atoms with Gasteiger partial charge in [0.1, 0.15) is 0 Å². The van der Waals surface area contributed by atoms with Gasteiger partial charge in [0.15, 0.2) is 5.78 Å². The molecule has 5 heteroatoms. The Labute approximate surface area is 163 Å². The topological polar surface area (TPSA) is 75.3 Å². The van der Waals surface area contributed by atoms with Gasteiger partial charge >= 0.3 is 0 Å². The molecule has 142 valence electrons. The van der Waals surface area contributed by atoms with Crippen LogP contribution in [-0.2, 0) is 14.4 Å². The summed E-state index contributed by atoms with van der Waals surface area (Å²) >= 11 is 0. The minimum atomic E-state index is -0.742. The van der Waals surface area contributed by atoms with E-state index in [2.05, 4.69) is 10.6 Å². The van der Waals surface area contributed by atoms with Gasteiger partial charge in [0.25, 0.3) is 0 Å². The third-order valence-electron chi connectivity index (χ3n) is 5.41. The Kier molecular flexibility index (Phi) is 4.82. The van der Waals surface area contributed by atoms with Crippen molar-refractivity contribution in [3.63, 3.8) is 0 Å². The number of ketones is 1. The summed E-state index contributed by atoms with van der Waals surface area (Å²) in [6.07, 6.45) is 0.913. The minimum absolute atomic E-state index is 0.00176. The zero-order chi connectivity index (χ0) is 19.7. The van der Waals surface area contributed by atoms with Gasteiger partial charge in [-0.25, -0.2) is 0 Å². The predicted molar refractivity (Wildman–Crippen MR) is 107 cm³/mol. The maximum Gasteiger partial charge on any atom is 0.232 e. The van der Waals surface area contributed by atoms with E-state index in [1.807, 2.05) is 55.5 Å². The quantitative estimate of drug-likeness (QED) is 0.864. The number of carbonyl (C=O) groups excluding carboxylic acids is 3. The molecule has 0 fully saturated rings. The number of nitrogens with one attached hydrogen (secondary N) is 2. The Hall–Kier alpha value is -3.21. The Morgan fingerprint density at radius 2 is 1.79 bits per heavy atom. The Morgan fingerprint density at radius 3 is 2.54 bits per heavy atom. The summed E-state index contributed by atoms with van der Waals surface area (Å²) in [5.41, 5.74) is 3.84. The van der Waals surface area contributed by atoms with Crippen molar-refractivity contribution in [2.24, 2.45) is 5.92 Å². The average molecular weight is 374 g/mol. The molecule has 2 amide bonds. The summed E-state index contributed by atoms with van der Waals surface area (Å²) < 4.78 is 0. The largest absolute Gasteiger partial charge is 0.329 e. The Morgan fingerprint density at radius 1 is 1.00 bits per heavy atom. The zero-order valence-electron chi connectivity index (χ0n) is 15.7. The van der Waals surface area contributed by atoms with Crippen LogP contribution in [0.3, 0.4) is 0 Å². The van der Waals surface area contributed by atoms with Crippen molar-refractivity contribution < 1.29 is 14.4 Å². The molecule has 5 nitrogen and oxygen atoms in total. The molecule has 0 aromatic heterocycles. The third-order valence-corrected chi connectivity index (χ3v) is 5.41.